The summed E-state index contributed by atoms with van der Waals surface area (Å²) in [6, 6.07) is 7.33. The molecule has 12 heavy (non-hydrogen) atoms. The predicted molar refractivity (Wildman–Crippen MR) is 49.6 cm³/mol. The van der Waals surface area contributed by atoms with Crippen LogP contribution in [0.3, 0.4) is 0 Å². The lowest BCUT2D eigenvalue weighted by molar-refractivity contribution is 0.160. The molecule has 0 aromatic heterocycles. The summed E-state index contributed by atoms with van der Waals surface area (Å²) in [5, 5.41) is 4.21. The molecule has 0 fully saturated rings. The van der Waals surface area contributed by atoms with Gasteiger partial charge in [-0.15, -0.1) is 0 Å². The van der Waals surface area contributed by atoms with E-state index >= 15 is 0 Å². The Kier molecular flexibility index (Phi) is 3.61. The monoisotopic (exact) mass is 182 g/mol. The lowest BCUT2D eigenvalue weighted by atomic mass is 10.2. The van der Waals surface area contributed by atoms with Crippen molar-refractivity contribution in [1.82, 2.24) is 0 Å². The zero-order chi connectivity index (χ0) is 8.81. The Morgan fingerprint density at radius 3 is 2.92 bits per heavy atom. The summed E-state index contributed by atoms with van der Waals surface area (Å²) in [4.78, 5) is 4.75. The third-order valence-corrected chi connectivity index (χ3v) is 1.56. The van der Waals surface area contributed by atoms with E-state index in [-0.39, 0.29) is 0 Å². The summed E-state index contributed by atoms with van der Waals surface area (Å²) in [6.07, 6.45) is 2.68. The van der Waals surface area contributed by atoms with Crippen LogP contribution in [0, 0.1) is 0 Å². The van der Waals surface area contributed by atoms with Gasteiger partial charge in [0.1, 0.15) is 12.8 Å². The van der Waals surface area contributed by atoms with Crippen LogP contribution in [-0.2, 0) is 4.84 Å². The standard InChI is InChI=1S/C9H9ClNO/c1-2-12-11-7-8-5-3-4-6-9(8)10/h3-6H,2H2,1H3. The Morgan fingerprint density at radius 1 is 1.50 bits per heavy atom. The Labute approximate surface area is 76.8 Å². The number of hydrogen-bond donors (Lipinski definition) is 0. The van der Waals surface area contributed by atoms with Crippen LogP contribution in [0.25, 0.3) is 0 Å². The van der Waals surface area contributed by atoms with E-state index in [0.29, 0.717) is 11.6 Å². The molecular weight excluding hydrogens is 174 g/mol. The quantitative estimate of drug-likeness (QED) is 0.520. The predicted octanol–water partition coefficient (Wildman–Crippen LogP) is 2.59. The summed E-state index contributed by atoms with van der Waals surface area (Å²) in [5.74, 6) is 0. The smallest absolute Gasteiger partial charge is 0.141 e. The minimum absolute atomic E-state index is 0.539. The van der Waals surface area contributed by atoms with Crippen molar-refractivity contribution in [3.8, 4) is 0 Å². The van der Waals surface area contributed by atoms with Crippen LogP contribution in [0.15, 0.2) is 29.4 Å². The highest BCUT2D eigenvalue weighted by atomic mass is 35.5. The van der Waals surface area contributed by atoms with Crippen LogP contribution >= 0.6 is 11.6 Å². The van der Waals surface area contributed by atoms with Crippen LogP contribution in [0.1, 0.15) is 12.5 Å². The summed E-state index contributed by atoms with van der Waals surface area (Å²) >= 11 is 5.83. The molecule has 1 aromatic rings. The maximum atomic E-state index is 5.83. The molecule has 0 aliphatic heterocycles. The summed E-state index contributed by atoms with van der Waals surface area (Å²) in [7, 11) is 0. The average molecular weight is 183 g/mol. The van der Waals surface area contributed by atoms with Crippen molar-refractivity contribution >= 4 is 17.8 Å². The van der Waals surface area contributed by atoms with E-state index in [1.54, 1.807) is 6.07 Å². The average Bonchev–Trinajstić information content (AvgIpc) is 2.09. The van der Waals surface area contributed by atoms with Crippen molar-refractivity contribution in [3.63, 3.8) is 0 Å². The van der Waals surface area contributed by atoms with Crippen LogP contribution in [0.5, 0.6) is 0 Å². The molecule has 0 saturated carbocycles. The first-order chi connectivity index (χ1) is 5.84. The Hall–Kier alpha value is -1.02. The van der Waals surface area contributed by atoms with E-state index in [0.717, 1.165) is 5.56 Å². The van der Waals surface area contributed by atoms with Crippen LogP contribution < -0.4 is 0 Å². The van der Waals surface area contributed by atoms with E-state index < -0.39 is 0 Å². The minimum atomic E-state index is 0.539. The second-order valence-electron chi connectivity index (χ2n) is 2.10. The number of rotatable bonds is 3. The fourth-order valence-electron chi connectivity index (χ4n) is 0.698. The van der Waals surface area contributed by atoms with Gasteiger partial charge >= 0.3 is 0 Å². The van der Waals surface area contributed by atoms with Gasteiger partial charge in [0.05, 0.1) is 5.02 Å². The second kappa shape index (κ2) is 4.78. The van der Waals surface area contributed by atoms with Gasteiger partial charge in [-0.2, -0.15) is 0 Å². The fourth-order valence-corrected chi connectivity index (χ4v) is 0.876. The van der Waals surface area contributed by atoms with Crippen molar-refractivity contribution in [3.05, 3.63) is 34.9 Å². The molecule has 0 saturated heterocycles. The van der Waals surface area contributed by atoms with Gasteiger partial charge < -0.3 is 4.84 Å². The third kappa shape index (κ3) is 2.55. The highest BCUT2D eigenvalue weighted by Gasteiger charge is 1.94. The van der Waals surface area contributed by atoms with Crippen LogP contribution in [0.2, 0.25) is 5.02 Å². The number of hydrogen-bond acceptors (Lipinski definition) is 2. The summed E-state index contributed by atoms with van der Waals surface area (Å²) < 4.78 is 0. The lowest BCUT2D eigenvalue weighted by Gasteiger charge is -1.94. The normalized spacial score (nSPS) is 10.5. The molecule has 1 radical (unpaired) electrons. The second-order valence-corrected chi connectivity index (χ2v) is 2.51. The number of benzene rings is 1. The molecule has 1 rings (SSSR count). The summed E-state index contributed by atoms with van der Waals surface area (Å²) in [6.45, 7) is 2.40. The Bertz CT molecular complexity index is 273. The molecule has 0 N–H and O–H groups in total. The summed E-state index contributed by atoms with van der Waals surface area (Å²) in [5.41, 5.74) is 0.743. The van der Waals surface area contributed by atoms with Crippen molar-refractivity contribution in [1.29, 1.82) is 0 Å². The molecule has 0 aliphatic carbocycles. The van der Waals surface area contributed by atoms with Gasteiger partial charge in [0.25, 0.3) is 0 Å². The van der Waals surface area contributed by atoms with E-state index in [9.17, 15) is 0 Å². The maximum absolute atomic E-state index is 5.83. The van der Waals surface area contributed by atoms with Crippen molar-refractivity contribution in [2.45, 2.75) is 6.92 Å². The minimum Gasteiger partial charge on any atom is -0.396 e. The molecule has 63 valence electrons. The zero-order valence-electron chi connectivity index (χ0n) is 6.75. The molecule has 0 spiro atoms. The van der Waals surface area contributed by atoms with E-state index in [4.69, 9.17) is 16.4 Å². The number of nitrogens with zero attached hydrogens (tertiary/aromatic N) is 1. The molecule has 0 amide bonds. The van der Waals surface area contributed by atoms with Crippen molar-refractivity contribution < 1.29 is 4.84 Å². The van der Waals surface area contributed by atoms with Gasteiger partial charge in [-0.25, -0.2) is 0 Å². The van der Waals surface area contributed by atoms with Gasteiger partial charge in [0.15, 0.2) is 0 Å². The van der Waals surface area contributed by atoms with Crippen molar-refractivity contribution in [2.24, 2.45) is 5.16 Å². The van der Waals surface area contributed by atoms with Crippen LogP contribution in [-0.4, -0.2) is 12.8 Å². The Morgan fingerprint density at radius 2 is 2.25 bits per heavy atom. The molecule has 0 atom stereocenters. The molecule has 0 heterocycles. The first-order valence-electron chi connectivity index (χ1n) is 3.67. The molecular formula is C9H9ClNO. The molecule has 3 heteroatoms. The SMILES string of the molecule is CCO/N=[C]/c1ccccc1Cl. The molecule has 0 bridgehead atoms. The molecule has 1 aromatic carbocycles. The largest absolute Gasteiger partial charge is 0.396 e. The van der Waals surface area contributed by atoms with Gasteiger partial charge in [-0.05, 0) is 13.0 Å². The van der Waals surface area contributed by atoms with Gasteiger partial charge in [-0.1, -0.05) is 35.0 Å². The van der Waals surface area contributed by atoms with Gasteiger partial charge in [0, 0.05) is 5.56 Å². The zero-order valence-corrected chi connectivity index (χ0v) is 7.51. The Balaban J connectivity index is 2.68. The van der Waals surface area contributed by atoms with Crippen molar-refractivity contribution in [2.75, 3.05) is 6.61 Å². The molecule has 0 unspecified atom stereocenters. The maximum Gasteiger partial charge on any atom is 0.141 e. The third-order valence-electron chi connectivity index (χ3n) is 1.23. The first kappa shape index (κ1) is 9.07. The molecule has 0 aliphatic rings. The van der Waals surface area contributed by atoms with E-state index in [1.165, 1.54) is 0 Å². The fraction of sp³-hybridized carbons (Fsp3) is 0.222. The van der Waals surface area contributed by atoms with E-state index in [2.05, 4.69) is 11.4 Å². The van der Waals surface area contributed by atoms with Gasteiger partial charge in [-0.3, -0.25) is 0 Å². The first-order valence-corrected chi connectivity index (χ1v) is 4.05. The molecule has 2 nitrogen and oxygen atoms in total. The van der Waals surface area contributed by atoms with Crippen LogP contribution in [0.4, 0.5) is 0 Å². The topological polar surface area (TPSA) is 21.6 Å². The lowest BCUT2D eigenvalue weighted by Crippen LogP contribution is -1.84. The highest BCUT2D eigenvalue weighted by Crippen LogP contribution is 2.12. The number of halogens is 1. The van der Waals surface area contributed by atoms with Gasteiger partial charge in [0.2, 0.25) is 0 Å². The van der Waals surface area contributed by atoms with E-state index in [1.807, 2.05) is 25.1 Å². The highest BCUT2D eigenvalue weighted by molar-refractivity contribution is 6.33.